The first kappa shape index (κ1) is 12.7. The molecule has 0 N–H and O–H groups in total. The summed E-state index contributed by atoms with van der Waals surface area (Å²) < 4.78 is 0. The summed E-state index contributed by atoms with van der Waals surface area (Å²) in [5.74, 6) is 4.46. The minimum Gasteiger partial charge on any atom is -0.299 e. The largest absolute Gasteiger partial charge is 0.299 e. The molecule has 0 amide bonds. The van der Waals surface area contributed by atoms with Gasteiger partial charge in [-0.05, 0) is 55.8 Å². The van der Waals surface area contributed by atoms with Crippen LogP contribution in [0.25, 0.3) is 0 Å². The van der Waals surface area contributed by atoms with Crippen LogP contribution in [0.3, 0.4) is 0 Å². The summed E-state index contributed by atoms with van der Waals surface area (Å²) in [4.78, 5) is 12.6. The number of ketones is 1. The second-order valence-electron chi connectivity index (χ2n) is 7.16. The number of fused-ring (bicyclic) bond motifs is 2. The van der Waals surface area contributed by atoms with Gasteiger partial charge in [0, 0.05) is 12.3 Å². The Morgan fingerprint density at radius 3 is 2.50 bits per heavy atom. The second kappa shape index (κ2) is 5.35. The summed E-state index contributed by atoms with van der Waals surface area (Å²) in [5.41, 5.74) is 0. The quantitative estimate of drug-likeness (QED) is 0.710. The number of hydrogen-bond acceptors (Lipinski definition) is 1. The van der Waals surface area contributed by atoms with Crippen LogP contribution in [0.5, 0.6) is 0 Å². The molecule has 0 aromatic rings. The van der Waals surface area contributed by atoms with Gasteiger partial charge in [0.25, 0.3) is 0 Å². The van der Waals surface area contributed by atoms with E-state index < -0.39 is 0 Å². The fourth-order valence-electron chi connectivity index (χ4n) is 5.16. The molecule has 0 heterocycles. The lowest BCUT2D eigenvalue weighted by atomic mass is 9.73. The van der Waals surface area contributed by atoms with Crippen molar-refractivity contribution in [3.8, 4) is 0 Å². The highest BCUT2D eigenvalue weighted by molar-refractivity contribution is 5.81. The molecule has 0 aromatic carbocycles. The first-order valence-electron chi connectivity index (χ1n) is 8.30. The molecule has 3 rings (SSSR count). The third-order valence-corrected chi connectivity index (χ3v) is 6.19. The van der Waals surface area contributed by atoms with E-state index in [1.165, 1.54) is 57.8 Å². The van der Waals surface area contributed by atoms with E-state index in [1.54, 1.807) is 0 Å². The van der Waals surface area contributed by atoms with Crippen LogP contribution in [-0.2, 0) is 4.79 Å². The molecular formula is C17H28O. The molecule has 3 saturated carbocycles. The molecule has 0 aliphatic heterocycles. The third kappa shape index (κ3) is 2.38. The topological polar surface area (TPSA) is 17.1 Å². The van der Waals surface area contributed by atoms with E-state index in [0.29, 0.717) is 17.6 Å². The summed E-state index contributed by atoms with van der Waals surface area (Å²) in [5, 5.41) is 0. The van der Waals surface area contributed by atoms with E-state index >= 15 is 0 Å². The van der Waals surface area contributed by atoms with Gasteiger partial charge in [-0.1, -0.05) is 32.6 Å². The number of carbonyl (C=O) groups is 1. The van der Waals surface area contributed by atoms with E-state index in [2.05, 4.69) is 6.92 Å². The number of carbonyl (C=O) groups excluding carboxylic acids is 1. The highest BCUT2D eigenvalue weighted by atomic mass is 16.1. The van der Waals surface area contributed by atoms with Crippen LogP contribution in [0.15, 0.2) is 0 Å². The minimum absolute atomic E-state index is 0.433. The van der Waals surface area contributed by atoms with Crippen molar-refractivity contribution in [2.45, 2.75) is 71.1 Å². The van der Waals surface area contributed by atoms with E-state index in [9.17, 15) is 4.79 Å². The van der Waals surface area contributed by atoms with Gasteiger partial charge in [-0.15, -0.1) is 0 Å². The highest BCUT2D eigenvalue weighted by Gasteiger charge is 2.41. The van der Waals surface area contributed by atoms with Crippen molar-refractivity contribution in [3.05, 3.63) is 0 Å². The maximum Gasteiger partial charge on any atom is 0.136 e. The first-order chi connectivity index (χ1) is 8.78. The highest BCUT2D eigenvalue weighted by Crippen LogP contribution is 2.50. The summed E-state index contributed by atoms with van der Waals surface area (Å²) in [6.45, 7) is 2.27. The zero-order valence-corrected chi connectivity index (χ0v) is 11.9. The Morgan fingerprint density at radius 1 is 1.00 bits per heavy atom. The van der Waals surface area contributed by atoms with Crippen molar-refractivity contribution in [1.82, 2.24) is 0 Å². The maximum atomic E-state index is 12.6. The van der Waals surface area contributed by atoms with Crippen molar-refractivity contribution < 1.29 is 4.79 Å². The Bertz CT molecular complexity index is 309. The van der Waals surface area contributed by atoms with Crippen LogP contribution in [0.2, 0.25) is 0 Å². The molecule has 3 fully saturated rings. The third-order valence-electron chi connectivity index (χ3n) is 6.19. The summed E-state index contributed by atoms with van der Waals surface area (Å²) in [6, 6.07) is 0. The first-order valence-corrected chi connectivity index (χ1v) is 8.30. The molecule has 0 saturated heterocycles. The average molecular weight is 248 g/mol. The van der Waals surface area contributed by atoms with Crippen molar-refractivity contribution in [2.75, 3.05) is 0 Å². The van der Waals surface area contributed by atoms with Gasteiger partial charge in [0.05, 0.1) is 0 Å². The Labute approximate surface area is 112 Å². The summed E-state index contributed by atoms with van der Waals surface area (Å²) in [7, 11) is 0. The van der Waals surface area contributed by atoms with Crippen LogP contribution in [-0.4, -0.2) is 5.78 Å². The van der Waals surface area contributed by atoms with Crippen molar-refractivity contribution in [2.24, 2.45) is 29.6 Å². The molecule has 5 atom stereocenters. The monoisotopic (exact) mass is 248 g/mol. The predicted octanol–water partition coefficient (Wildman–Crippen LogP) is 4.60. The molecule has 3 aliphatic carbocycles. The minimum atomic E-state index is 0.433. The smallest absolute Gasteiger partial charge is 0.136 e. The van der Waals surface area contributed by atoms with E-state index in [1.807, 2.05) is 0 Å². The van der Waals surface area contributed by atoms with Gasteiger partial charge in [0.15, 0.2) is 0 Å². The van der Waals surface area contributed by atoms with E-state index in [4.69, 9.17) is 0 Å². The molecule has 0 radical (unpaired) electrons. The fraction of sp³-hybridized carbons (Fsp3) is 0.941. The lowest BCUT2D eigenvalue weighted by Gasteiger charge is -2.31. The Hall–Kier alpha value is -0.330. The molecule has 0 spiro atoms. The van der Waals surface area contributed by atoms with Gasteiger partial charge < -0.3 is 0 Å². The molecule has 1 heteroatoms. The maximum absolute atomic E-state index is 12.6. The predicted molar refractivity (Wildman–Crippen MR) is 74.3 cm³/mol. The molecule has 18 heavy (non-hydrogen) atoms. The van der Waals surface area contributed by atoms with Crippen LogP contribution < -0.4 is 0 Å². The van der Waals surface area contributed by atoms with Gasteiger partial charge in [0.2, 0.25) is 0 Å². The molecule has 5 unspecified atom stereocenters. The Kier molecular flexibility index (Phi) is 3.77. The zero-order chi connectivity index (χ0) is 12.5. The van der Waals surface area contributed by atoms with E-state index in [-0.39, 0.29) is 0 Å². The zero-order valence-electron chi connectivity index (χ0n) is 11.9. The molecule has 102 valence electrons. The van der Waals surface area contributed by atoms with Crippen LogP contribution >= 0.6 is 0 Å². The Balaban J connectivity index is 1.57. The van der Waals surface area contributed by atoms with Crippen molar-refractivity contribution >= 4 is 5.78 Å². The van der Waals surface area contributed by atoms with E-state index in [0.717, 1.165) is 24.2 Å². The Morgan fingerprint density at radius 2 is 1.83 bits per heavy atom. The van der Waals surface area contributed by atoms with Gasteiger partial charge in [-0.25, -0.2) is 0 Å². The van der Waals surface area contributed by atoms with Crippen LogP contribution in [0.4, 0.5) is 0 Å². The molecule has 0 aromatic heterocycles. The molecule has 1 nitrogen and oxygen atoms in total. The van der Waals surface area contributed by atoms with Crippen molar-refractivity contribution in [3.63, 3.8) is 0 Å². The van der Waals surface area contributed by atoms with Gasteiger partial charge in [-0.2, -0.15) is 0 Å². The number of Topliss-reactive ketones (excluding diaryl/α,β-unsaturated/α-hetero) is 1. The van der Waals surface area contributed by atoms with Crippen molar-refractivity contribution in [1.29, 1.82) is 0 Å². The number of rotatable bonds is 4. The average Bonchev–Trinajstić information content (AvgIpc) is 3.01. The SMILES string of the molecule is CCC1CCCCC1C(=O)CC1CC2CCC1C2. The normalized spacial score (nSPS) is 43.3. The number of hydrogen-bond donors (Lipinski definition) is 0. The summed E-state index contributed by atoms with van der Waals surface area (Å²) in [6.07, 6.45) is 13.0. The summed E-state index contributed by atoms with van der Waals surface area (Å²) >= 11 is 0. The fourth-order valence-corrected chi connectivity index (χ4v) is 5.16. The van der Waals surface area contributed by atoms with Crippen LogP contribution in [0.1, 0.15) is 71.1 Å². The molecule has 2 bridgehead atoms. The lowest BCUT2D eigenvalue weighted by molar-refractivity contribution is -0.127. The van der Waals surface area contributed by atoms with Crippen LogP contribution in [0, 0.1) is 29.6 Å². The van der Waals surface area contributed by atoms with Gasteiger partial charge in [-0.3, -0.25) is 4.79 Å². The van der Waals surface area contributed by atoms with Gasteiger partial charge >= 0.3 is 0 Å². The second-order valence-corrected chi connectivity index (χ2v) is 7.16. The molecule has 3 aliphatic rings. The molecular weight excluding hydrogens is 220 g/mol. The van der Waals surface area contributed by atoms with Gasteiger partial charge in [0.1, 0.15) is 5.78 Å². The standard InChI is InChI=1S/C17H28O/c1-2-13-5-3-4-6-16(13)17(18)11-15-10-12-7-8-14(15)9-12/h12-16H,2-11H2,1H3. The lowest BCUT2D eigenvalue weighted by Crippen LogP contribution is -2.29.